The van der Waals surface area contributed by atoms with E-state index in [1.165, 1.54) is 10.6 Å². The smallest absolute Gasteiger partial charge is 0.259 e. The molecule has 0 bridgehead atoms. The van der Waals surface area contributed by atoms with Gasteiger partial charge in [-0.15, -0.1) is 24.0 Å². The van der Waals surface area contributed by atoms with Gasteiger partial charge in [-0.25, -0.2) is 4.99 Å². The average molecular weight is 551 g/mol. The summed E-state index contributed by atoms with van der Waals surface area (Å²) in [4.78, 5) is 20.4. The van der Waals surface area contributed by atoms with Crippen LogP contribution in [0.4, 0.5) is 5.69 Å². The fourth-order valence-corrected chi connectivity index (χ4v) is 3.44. The standard InChI is InChI=1S/C24H33N5O2.HI/c1-4-25-24(27-20-13-14-29(17-20)21-10-6-5-7-11-21)26-16-19-9-8-12-22(15-19)31-18-23(30)28(2)3;/h5-12,15,20H,4,13-14,16-18H2,1-3H3,(H2,25,26,27);1H. The van der Waals surface area contributed by atoms with Gasteiger partial charge in [0.2, 0.25) is 0 Å². The summed E-state index contributed by atoms with van der Waals surface area (Å²) in [6, 6.07) is 18.6. The van der Waals surface area contributed by atoms with Gasteiger partial charge in [-0.1, -0.05) is 30.3 Å². The van der Waals surface area contributed by atoms with Gasteiger partial charge in [-0.2, -0.15) is 0 Å². The van der Waals surface area contributed by atoms with Crippen molar-refractivity contribution in [2.75, 3.05) is 45.2 Å². The number of ether oxygens (including phenoxy) is 1. The van der Waals surface area contributed by atoms with Crippen molar-refractivity contribution in [2.24, 2.45) is 4.99 Å². The lowest BCUT2D eigenvalue weighted by atomic mass is 10.2. The molecule has 0 saturated carbocycles. The third-order valence-electron chi connectivity index (χ3n) is 5.17. The molecule has 1 amide bonds. The number of anilines is 1. The number of halogens is 1. The third kappa shape index (κ3) is 7.89. The average Bonchev–Trinajstić information content (AvgIpc) is 3.25. The summed E-state index contributed by atoms with van der Waals surface area (Å²) in [5.41, 5.74) is 2.29. The summed E-state index contributed by atoms with van der Waals surface area (Å²) >= 11 is 0. The van der Waals surface area contributed by atoms with Gasteiger partial charge in [0.25, 0.3) is 5.91 Å². The van der Waals surface area contributed by atoms with E-state index >= 15 is 0 Å². The van der Waals surface area contributed by atoms with Gasteiger partial charge >= 0.3 is 0 Å². The molecular weight excluding hydrogens is 517 g/mol. The van der Waals surface area contributed by atoms with Gasteiger partial charge in [-0.05, 0) is 43.2 Å². The zero-order valence-electron chi connectivity index (χ0n) is 19.1. The van der Waals surface area contributed by atoms with E-state index in [4.69, 9.17) is 9.73 Å². The Morgan fingerprint density at radius 1 is 1.19 bits per heavy atom. The van der Waals surface area contributed by atoms with Crippen LogP contribution in [0, 0.1) is 0 Å². The SMILES string of the molecule is CCNC(=NCc1cccc(OCC(=O)N(C)C)c1)NC1CCN(c2ccccc2)C1.I. The van der Waals surface area contributed by atoms with Crippen LogP contribution >= 0.6 is 24.0 Å². The normalized spacial score (nSPS) is 15.7. The monoisotopic (exact) mass is 551 g/mol. The second kappa shape index (κ2) is 13.1. The molecule has 174 valence electrons. The van der Waals surface area contributed by atoms with Gasteiger partial charge in [0.1, 0.15) is 5.75 Å². The Kier molecular flexibility index (Phi) is 10.6. The maximum Gasteiger partial charge on any atom is 0.259 e. The van der Waals surface area contributed by atoms with Crippen LogP contribution in [0.25, 0.3) is 0 Å². The Hall–Kier alpha value is -2.49. The van der Waals surface area contributed by atoms with E-state index in [-0.39, 0.29) is 36.5 Å². The first-order valence-corrected chi connectivity index (χ1v) is 10.8. The third-order valence-corrected chi connectivity index (χ3v) is 5.17. The van der Waals surface area contributed by atoms with Crippen molar-refractivity contribution in [3.05, 3.63) is 60.2 Å². The van der Waals surface area contributed by atoms with Crippen molar-refractivity contribution in [3.8, 4) is 5.75 Å². The summed E-state index contributed by atoms with van der Waals surface area (Å²) in [6.45, 7) is 5.42. The van der Waals surface area contributed by atoms with Gasteiger partial charge < -0.3 is 25.2 Å². The first kappa shape index (κ1) is 25.8. The number of nitrogens with one attached hydrogen (secondary N) is 2. The zero-order valence-corrected chi connectivity index (χ0v) is 21.4. The lowest BCUT2D eigenvalue weighted by Gasteiger charge is -2.20. The van der Waals surface area contributed by atoms with Crippen molar-refractivity contribution in [3.63, 3.8) is 0 Å². The molecule has 32 heavy (non-hydrogen) atoms. The zero-order chi connectivity index (χ0) is 22.1. The molecule has 0 spiro atoms. The number of amides is 1. The number of hydrogen-bond acceptors (Lipinski definition) is 4. The predicted octanol–water partition coefficient (Wildman–Crippen LogP) is 3.11. The molecule has 2 aromatic carbocycles. The molecule has 0 aromatic heterocycles. The highest BCUT2D eigenvalue weighted by atomic mass is 127. The summed E-state index contributed by atoms with van der Waals surface area (Å²) < 4.78 is 5.61. The number of benzene rings is 2. The molecule has 2 N–H and O–H groups in total. The minimum Gasteiger partial charge on any atom is -0.484 e. The van der Waals surface area contributed by atoms with Crippen LogP contribution in [-0.2, 0) is 11.3 Å². The molecule has 1 aliphatic rings. The number of carbonyl (C=O) groups is 1. The number of para-hydroxylation sites is 1. The summed E-state index contributed by atoms with van der Waals surface area (Å²) in [5, 5.41) is 6.91. The van der Waals surface area contributed by atoms with E-state index < -0.39 is 0 Å². The minimum atomic E-state index is -0.0665. The minimum absolute atomic E-state index is 0. The quantitative estimate of drug-likeness (QED) is 0.300. The molecule has 1 fully saturated rings. The molecule has 1 unspecified atom stereocenters. The maximum absolute atomic E-state index is 11.7. The summed E-state index contributed by atoms with van der Waals surface area (Å²) in [7, 11) is 3.44. The molecule has 3 rings (SSSR count). The Morgan fingerprint density at radius 2 is 1.97 bits per heavy atom. The largest absolute Gasteiger partial charge is 0.484 e. The van der Waals surface area contributed by atoms with Gasteiger partial charge in [-0.3, -0.25) is 4.79 Å². The van der Waals surface area contributed by atoms with Crippen LogP contribution < -0.4 is 20.3 Å². The molecule has 8 heteroatoms. The van der Waals surface area contributed by atoms with Crippen LogP contribution in [0.15, 0.2) is 59.6 Å². The number of likely N-dealkylation sites (N-methyl/N-ethyl adjacent to an activating group) is 1. The van der Waals surface area contributed by atoms with E-state index in [0.29, 0.717) is 18.3 Å². The number of nitrogens with zero attached hydrogens (tertiary/aromatic N) is 3. The Bertz CT molecular complexity index is 876. The number of rotatable bonds is 8. The van der Waals surface area contributed by atoms with Crippen molar-refractivity contribution in [2.45, 2.75) is 25.9 Å². The summed E-state index contributed by atoms with van der Waals surface area (Å²) in [6.07, 6.45) is 1.07. The molecular formula is C24H34IN5O2. The van der Waals surface area contributed by atoms with E-state index in [0.717, 1.165) is 37.6 Å². The van der Waals surface area contributed by atoms with Crippen LogP contribution in [0.2, 0.25) is 0 Å². The van der Waals surface area contributed by atoms with E-state index in [1.54, 1.807) is 14.1 Å². The van der Waals surface area contributed by atoms with Crippen molar-refractivity contribution >= 4 is 41.5 Å². The van der Waals surface area contributed by atoms with E-state index in [1.807, 2.05) is 30.3 Å². The van der Waals surface area contributed by atoms with Crippen LogP contribution in [0.5, 0.6) is 5.75 Å². The highest BCUT2D eigenvalue weighted by molar-refractivity contribution is 14.0. The van der Waals surface area contributed by atoms with E-state index in [9.17, 15) is 4.79 Å². The van der Waals surface area contributed by atoms with E-state index in [2.05, 4.69) is 46.7 Å². The molecule has 0 aliphatic carbocycles. The Balaban J connectivity index is 0.00000363. The van der Waals surface area contributed by atoms with Gasteiger partial charge in [0.15, 0.2) is 12.6 Å². The lowest BCUT2D eigenvalue weighted by Crippen LogP contribution is -2.44. The topological polar surface area (TPSA) is 69.2 Å². The van der Waals surface area contributed by atoms with Crippen molar-refractivity contribution < 1.29 is 9.53 Å². The van der Waals surface area contributed by atoms with Crippen LogP contribution in [0.3, 0.4) is 0 Å². The molecule has 1 heterocycles. The Morgan fingerprint density at radius 3 is 2.69 bits per heavy atom. The summed E-state index contributed by atoms with van der Waals surface area (Å²) in [5.74, 6) is 1.43. The van der Waals surface area contributed by atoms with Gasteiger partial charge in [0, 0.05) is 45.5 Å². The second-order valence-corrected chi connectivity index (χ2v) is 7.83. The van der Waals surface area contributed by atoms with Crippen molar-refractivity contribution in [1.82, 2.24) is 15.5 Å². The lowest BCUT2D eigenvalue weighted by molar-refractivity contribution is -0.130. The number of hydrogen-bond donors (Lipinski definition) is 2. The second-order valence-electron chi connectivity index (χ2n) is 7.83. The molecule has 1 atom stereocenters. The number of aliphatic imine (C=N–C) groups is 1. The number of carbonyl (C=O) groups excluding carboxylic acids is 1. The fourth-order valence-electron chi connectivity index (χ4n) is 3.44. The first-order valence-electron chi connectivity index (χ1n) is 10.8. The Labute approximate surface area is 208 Å². The highest BCUT2D eigenvalue weighted by Crippen LogP contribution is 2.19. The molecule has 2 aromatic rings. The molecule has 1 saturated heterocycles. The highest BCUT2D eigenvalue weighted by Gasteiger charge is 2.23. The number of guanidine groups is 1. The molecule has 7 nitrogen and oxygen atoms in total. The predicted molar refractivity (Wildman–Crippen MR) is 141 cm³/mol. The molecule has 0 radical (unpaired) electrons. The molecule has 1 aliphatic heterocycles. The fraction of sp³-hybridized carbons (Fsp3) is 0.417. The maximum atomic E-state index is 11.7. The van der Waals surface area contributed by atoms with Crippen LogP contribution in [0.1, 0.15) is 18.9 Å². The van der Waals surface area contributed by atoms with Crippen LogP contribution in [-0.4, -0.2) is 63.1 Å². The first-order chi connectivity index (χ1) is 15.0. The van der Waals surface area contributed by atoms with Crippen molar-refractivity contribution in [1.29, 1.82) is 0 Å². The van der Waals surface area contributed by atoms with Gasteiger partial charge in [0.05, 0.1) is 6.54 Å².